The van der Waals surface area contributed by atoms with Crippen molar-refractivity contribution < 1.29 is 0 Å². The molecule has 0 bridgehead atoms. The Morgan fingerprint density at radius 2 is 1.92 bits per heavy atom. The van der Waals surface area contributed by atoms with Crippen LogP contribution in [0.4, 0.5) is 11.5 Å². The first-order valence-electron chi connectivity index (χ1n) is 7.83. The molecule has 8 heteroatoms. The molecule has 0 saturated carbocycles. The van der Waals surface area contributed by atoms with Crippen molar-refractivity contribution in [2.75, 3.05) is 23.4 Å². The zero-order chi connectivity index (χ0) is 17.2. The standard InChI is InChI=1S/C16H22N8/c17-9-5-2-6-10-20-15-12-21-14(11-22-15)16(18)24(23-19)13-7-3-1-4-8-13/h1,3-4,7-8,11-12,18-19H,2,5-6,9-10,17H2,(H,20,22). The molecular weight excluding hydrogens is 304 g/mol. The quantitative estimate of drug-likeness (QED) is 0.185. The molecular formula is C16H22N8. The van der Waals surface area contributed by atoms with Gasteiger partial charge in [-0.1, -0.05) is 29.8 Å². The third kappa shape index (κ3) is 4.82. The summed E-state index contributed by atoms with van der Waals surface area (Å²) >= 11 is 0. The molecule has 5 N–H and O–H groups in total. The number of hydrogen-bond donors (Lipinski definition) is 4. The molecule has 8 nitrogen and oxygen atoms in total. The molecule has 0 aliphatic carbocycles. The first kappa shape index (κ1) is 17.5. The van der Waals surface area contributed by atoms with Gasteiger partial charge in [0.1, 0.15) is 11.5 Å². The van der Waals surface area contributed by atoms with E-state index in [1.54, 1.807) is 18.3 Å². The van der Waals surface area contributed by atoms with Crippen molar-refractivity contribution in [1.82, 2.24) is 9.97 Å². The number of hydrogen-bond acceptors (Lipinski definition) is 7. The van der Waals surface area contributed by atoms with Crippen LogP contribution in [0.1, 0.15) is 25.0 Å². The number of aromatic nitrogens is 2. The molecule has 0 spiro atoms. The molecule has 126 valence electrons. The zero-order valence-corrected chi connectivity index (χ0v) is 13.4. The lowest BCUT2D eigenvalue weighted by molar-refractivity contribution is 0.706. The molecule has 0 aliphatic rings. The van der Waals surface area contributed by atoms with Gasteiger partial charge in [0.05, 0.1) is 18.1 Å². The highest BCUT2D eigenvalue weighted by molar-refractivity contribution is 6.05. The Labute approximate surface area is 141 Å². The van der Waals surface area contributed by atoms with Crippen LogP contribution in [-0.2, 0) is 0 Å². The van der Waals surface area contributed by atoms with Gasteiger partial charge in [-0.05, 0) is 31.5 Å². The molecule has 0 fully saturated rings. The summed E-state index contributed by atoms with van der Waals surface area (Å²) in [5.41, 5.74) is 13.7. The molecule has 1 aromatic carbocycles. The minimum absolute atomic E-state index is 0.00167. The van der Waals surface area contributed by atoms with Crippen LogP contribution < -0.4 is 16.1 Å². The van der Waals surface area contributed by atoms with Crippen molar-refractivity contribution in [3.8, 4) is 0 Å². The van der Waals surface area contributed by atoms with Crippen molar-refractivity contribution in [1.29, 1.82) is 10.9 Å². The minimum atomic E-state index is -0.00167. The van der Waals surface area contributed by atoms with Crippen LogP contribution >= 0.6 is 0 Å². The molecule has 24 heavy (non-hydrogen) atoms. The highest BCUT2D eigenvalue weighted by Crippen LogP contribution is 2.16. The fourth-order valence-electron chi connectivity index (χ4n) is 2.12. The Balaban J connectivity index is 1.96. The maximum absolute atomic E-state index is 8.19. The van der Waals surface area contributed by atoms with E-state index in [9.17, 15) is 0 Å². The largest absolute Gasteiger partial charge is 0.369 e. The number of nitrogens with one attached hydrogen (secondary N) is 3. The number of rotatable bonds is 9. The van der Waals surface area contributed by atoms with Crippen LogP contribution in [0.5, 0.6) is 0 Å². The maximum Gasteiger partial charge on any atom is 0.175 e. The van der Waals surface area contributed by atoms with E-state index in [-0.39, 0.29) is 5.84 Å². The van der Waals surface area contributed by atoms with Crippen molar-refractivity contribution in [2.24, 2.45) is 11.0 Å². The summed E-state index contributed by atoms with van der Waals surface area (Å²) in [6.45, 7) is 1.53. The Morgan fingerprint density at radius 1 is 1.12 bits per heavy atom. The van der Waals surface area contributed by atoms with Crippen LogP contribution in [0.15, 0.2) is 47.9 Å². The Hall–Kier alpha value is -2.87. The number of unbranched alkanes of at least 4 members (excludes halogenated alkanes) is 2. The van der Waals surface area contributed by atoms with E-state index < -0.39 is 0 Å². The third-order valence-corrected chi connectivity index (χ3v) is 3.39. The van der Waals surface area contributed by atoms with E-state index in [1.807, 2.05) is 18.2 Å². The van der Waals surface area contributed by atoms with E-state index in [4.69, 9.17) is 16.7 Å². The van der Waals surface area contributed by atoms with Crippen LogP contribution in [0.25, 0.3) is 0 Å². The summed E-state index contributed by atoms with van der Waals surface area (Å²) in [5.74, 6) is 0.659. The molecule has 0 aliphatic heterocycles. The maximum atomic E-state index is 8.19. The number of para-hydroxylation sites is 1. The summed E-state index contributed by atoms with van der Waals surface area (Å²) in [5, 5.41) is 16.0. The highest BCUT2D eigenvalue weighted by atomic mass is 15.5. The number of nitrogens with two attached hydrogens (primary N) is 1. The van der Waals surface area contributed by atoms with Gasteiger partial charge in [-0.2, -0.15) is 10.5 Å². The molecule has 2 rings (SSSR count). The number of nitrogens with zero attached hydrogens (tertiary/aromatic N) is 4. The van der Waals surface area contributed by atoms with Gasteiger partial charge < -0.3 is 11.1 Å². The molecule has 0 radical (unpaired) electrons. The molecule has 1 aromatic heterocycles. The number of amidine groups is 1. The average molecular weight is 326 g/mol. The second kappa shape index (κ2) is 9.31. The zero-order valence-electron chi connectivity index (χ0n) is 13.4. The predicted octanol–water partition coefficient (Wildman–Crippen LogP) is 2.80. The number of anilines is 2. The third-order valence-electron chi connectivity index (χ3n) is 3.39. The Kier molecular flexibility index (Phi) is 6.78. The molecule has 2 aromatic rings. The van der Waals surface area contributed by atoms with Crippen molar-refractivity contribution in [2.45, 2.75) is 19.3 Å². The summed E-state index contributed by atoms with van der Waals surface area (Å²) < 4.78 is 0. The fourth-order valence-corrected chi connectivity index (χ4v) is 2.12. The van der Waals surface area contributed by atoms with E-state index in [0.717, 1.165) is 32.4 Å². The summed E-state index contributed by atoms with van der Waals surface area (Å²) in [7, 11) is 0. The van der Waals surface area contributed by atoms with Crippen molar-refractivity contribution >= 4 is 17.3 Å². The first-order chi connectivity index (χ1) is 11.8. The highest BCUT2D eigenvalue weighted by Gasteiger charge is 2.15. The van der Waals surface area contributed by atoms with Gasteiger partial charge >= 0.3 is 0 Å². The SMILES string of the molecule is N=NN(C(=N)c1cnc(NCCCCCN)cn1)c1ccccc1. The topological polar surface area (TPSA) is 127 Å². The normalized spacial score (nSPS) is 10.2. The minimum Gasteiger partial charge on any atom is -0.369 e. The van der Waals surface area contributed by atoms with Crippen LogP contribution in [0.3, 0.4) is 0 Å². The smallest absolute Gasteiger partial charge is 0.175 e. The summed E-state index contributed by atoms with van der Waals surface area (Å²) in [6, 6.07) is 9.06. The average Bonchev–Trinajstić information content (AvgIpc) is 2.63. The lowest BCUT2D eigenvalue weighted by Crippen LogP contribution is -2.26. The Bertz CT molecular complexity index is 641. The van der Waals surface area contributed by atoms with Gasteiger partial charge in [0, 0.05) is 6.54 Å². The monoisotopic (exact) mass is 326 g/mol. The lowest BCUT2D eigenvalue weighted by Gasteiger charge is -2.17. The number of benzene rings is 1. The first-order valence-corrected chi connectivity index (χ1v) is 7.83. The van der Waals surface area contributed by atoms with Gasteiger partial charge in [0.2, 0.25) is 0 Å². The second-order valence-electron chi connectivity index (χ2n) is 5.16. The molecule has 0 amide bonds. The van der Waals surface area contributed by atoms with Crippen molar-refractivity contribution in [3.05, 3.63) is 48.4 Å². The molecule has 0 atom stereocenters. The van der Waals surface area contributed by atoms with E-state index >= 15 is 0 Å². The van der Waals surface area contributed by atoms with Gasteiger partial charge in [0.25, 0.3) is 0 Å². The van der Waals surface area contributed by atoms with Crippen LogP contribution in [0, 0.1) is 10.9 Å². The lowest BCUT2D eigenvalue weighted by atomic mass is 10.2. The van der Waals surface area contributed by atoms with Gasteiger partial charge in [-0.15, -0.1) is 0 Å². The van der Waals surface area contributed by atoms with Gasteiger partial charge in [-0.3, -0.25) is 5.41 Å². The van der Waals surface area contributed by atoms with Crippen LogP contribution in [-0.4, -0.2) is 28.9 Å². The fraction of sp³-hybridized carbons (Fsp3) is 0.312. The van der Waals surface area contributed by atoms with E-state index in [0.29, 0.717) is 17.2 Å². The molecule has 0 unspecified atom stereocenters. The summed E-state index contributed by atoms with van der Waals surface area (Å²) in [6.07, 6.45) is 6.22. The van der Waals surface area contributed by atoms with Gasteiger partial charge in [-0.25, -0.2) is 9.97 Å². The molecule has 1 heterocycles. The van der Waals surface area contributed by atoms with E-state index in [1.165, 1.54) is 11.2 Å². The summed E-state index contributed by atoms with van der Waals surface area (Å²) in [4.78, 5) is 8.49. The predicted molar refractivity (Wildman–Crippen MR) is 94.3 cm³/mol. The molecule has 0 saturated heterocycles. The van der Waals surface area contributed by atoms with Crippen LogP contribution in [0.2, 0.25) is 0 Å². The second-order valence-corrected chi connectivity index (χ2v) is 5.16. The van der Waals surface area contributed by atoms with Gasteiger partial charge in [0.15, 0.2) is 5.84 Å². The van der Waals surface area contributed by atoms with E-state index in [2.05, 4.69) is 20.5 Å². The Morgan fingerprint density at radius 3 is 2.54 bits per heavy atom. The van der Waals surface area contributed by atoms with Crippen molar-refractivity contribution in [3.63, 3.8) is 0 Å².